The Labute approximate surface area is 186 Å². The van der Waals surface area contributed by atoms with Crippen LogP contribution < -0.4 is 15.4 Å². The standard InChI is InChI=1S/C24H34N4OS/c1-23(2)14-20(15-24(3,4)27-23)26-22(30)28(17-19-10-12-25-13-11-19)16-18-6-8-21(29-5)9-7-18/h6-13,20,27H,14-17H2,1-5H3,(H,26,30). The first-order valence-electron chi connectivity index (χ1n) is 10.5. The zero-order valence-corrected chi connectivity index (χ0v) is 19.6. The Bertz CT molecular complexity index is 820. The molecule has 0 spiro atoms. The number of benzene rings is 1. The lowest BCUT2D eigenvalue weighted by Crippen LogP contribution is -2.62. The van der Waals surface area contributed by atoms with Crippen molar-refractivity contribution >= 4 is 17.3 Å². The first-order chi connectivity index (χ1) is 14.2. The Hall–Kier alpha value is -2.18. The van der Waals surface area contributed by atoms with Gasteiger partial charge in [0, 0.05) is 42.6 Å². The van der Waals surface area contributed by atoms with Crippen LogP contribution in [0.4, 0.5) is 0 Å². The van der Waals surface area contributed by atoms with Gasteiger partial charge in [0.15, 0.2) is 5.11 Å². The van der Waals surface area contributed by atoms with Gasteiger partial charge in [0.1, 0.15) is 5.75 Å². The predicted octanol–water partition coefficient (Wildman–Crippen LogP) is 4.28. The molecule has 0 saturated carbocycles. The normalized spacial score (nSPS) is 17.9. The first-order valence-corrected chi connectivity index (χ1v) is 10.9. The Morgan fingerprint density at radius 2 is 1.57 bits per heavy atom. The quantitative estimate of drug-likeness (QED) is 0.673. The van der Waals surface area contributed by atoms with E-state index in [9.17, 15) is 0 Å². The molecule has 0 radical (unpaired) electrons. The van der Waals surface area contributed by atoms with Gasteiger partial charge in [0.05, 0.1) is 7.11 Å². The molecule has 2 aromatic rings. The molecule has 1 aromatic carbocycles. The summed E-state index contributed by atoms with van der Waals surface area (Å²) in [5.41, 5.74) is 2.52. The summed E-state index contributed by atoms with van der Waals surface area (Å²) < 4.78 is 5.29. The van der Waals surface area contributed by atoms with Gasteiger partial charge in [0.2, 0.25) is 0 Å². The van der Waals surface area contributed by atoms with Gasteiger partial charge in [-0.25, -0.2) is 0 Å². The van der Waals surface area contributed by atoms with Gasteiger partial charge >= 0.3 is 0 Å². The summed E-state index contributed by atoms with van der Waals surface area (Å²) in [5.74, 6) is 0.860. The van der Waals surface area contributed by atoms with E-state index in [0.29, 0.717) is 6.04 Å². The maximum Gasteiger partial charge on any atom is 0.169 e. The van der Waals surface area contributed by atoms with Gasteiger partial charge in [-0.1, -0.05) is 12.1 Å². The number of ether oxygens (including phenoxy) is 1. The second-order valence-electron chi connectivity index (χ2n) is 9.51. The van der Waals surface area contributed by atoms with Crippen molar-refractivity contribution in [2.45, 2.75) is 70.7 Å². The summed E-state index contributed by atoms with van der Waals surface area (Å²) in [6.07, 6.45) is 5.72. The molecule has 1 aliphatic rings. The molecule has 30 heavy (non-hydrogen) atoms. The van der Waals surface area contributed by atoms with Crippen LogP contribution in [0.3, 0.4) is 0 Å². The molecule has 6 heteroatoms. The predicted molar refractivity (Wildman–Crippen MR) is 127 cm³/mol. The highest BCUT2D eigenvalue weighted by molar-refractivity contribution is 7.80. The lowest BCUT2D eigenvalue weighted by atomic mass is 9.80. The molecule has 2 heterocycles. The average Bonchev–Trinajstić information content (AvgIpc) is 2.66. The SMILES string of the molecule is COc1ccc(CN(Cc2ccncc2)C(=S)NC2CC(C)(C)NC(C)(C)C2)cc1. The molecular formula is C24H34N4OS. The molecule has 162 valence electrons. The highest BCUT2D eigenvalue weighted by atomic mass is 32.1. The zero-order chi connectivity index (χ0) is 21.8. The molecule has 1 fully saturated rings. The van der Waals surface area contributed by atoms with Crippen molar-refractivity contribution in [2.24, 2.45) is 0 Å². The highest BCUT2D eigenvalue weighted by Crippen LogP contribution is 2.28. The van der Waals surface area contributed by atoms with Crippen molar-refractivity contribution in [3.63, 3.8) is 0 Å². The van der Waals surface area contributed by atoms with E-state index < -0.39 is 0 Å². The molecule has 0 atom stereocenters. The molecule has 0 aliphatic carbocycles. The smallest absolute Gasteiger partial charge is 0.169 e. The van der Waals surface area contributed by atoms with E-state index in [-0.39, 0.29) is 11.1 Å². The summed E-state index contributed by atoms with van der Waals surface area (Å²) in [4.78, 5) is 6.37. The number of rotatable bonds is 6. The number of aromatic nitrogens is 1. The molecule has 0 unspecified atom stereocenters. The zero-order valence-electron chi connectivity index (χ0n) is 18.7. The van der Waals surface area contributed by atoms with Crippen LogP contribution in [0.25, 0.3) is 0 Å². The number of methoxy groups -OCH3 is 1. The fourth-order valence-corrected chi connectivity index (χ4v) is 4.85. The van der Waals surface area contributed by atoms with E-state index in [1.54, 1.807) is 7.11 Å². The number of pyridine rings is 1. The molecular weight excluding hydrogens is 392 g/mol. The van der Waals surface area contributed by atoms with Crippen LogP contribution in [0.15, 0.2) is 48.8 Å². The molecule has 1 aromatic heterocycles. The number of nitrogens with zero attached hydrogens (tertiary/aromatic N) is 2. The number of thiocarbonyl (C=S) groups is 1. The lowest BCUT2D eigenvalue weighted by Gasteiger charge is -2.47. The van der Waals surface area contributed by atoms with E-state index in [1.807, 2.05) is 36.7 Å². The summed E-state index contributed by atoms with van der Waals surface area (Å²) in [6, 6.07) is 12.6. The molecule has 2 N–H and O–H groups in total. The number of hydrogen-bond acceptors (Lipinski definition) is 4. The van der Waals surface area contributed by atoms with Gasteiger partial charge < -0.3 is 20.3 Å². The fraction of sp³-hybridized carbons (Fsp3) is 0.500. The maximum atomic E-state index is 5.91. The van der Waals surface area contributed by atoms with Crippen LogP contribution in [0.2, 0.25) is 0 Å². The van der Waals surface area contributed by atoms with Crippen LogP contribution in [0.1, 0.15) is 51.7 Å². The van der Waals surface area contributed by atoms with Crippen LogP contribution in [0.5, 0.6) is 5.75 Å². The van der Waals surface area contributed by atoms with Crippen LogP contribution in [0, 0.1) is 0 Å². The molecule has 1 saturated heterocycles. The van der Waals surface area contributed by atoms with Crippen molar-refractivity contribution < 1.29 is 4.74 Å². The Morgan fingerprint density at radius 3 is 2.10 bits per heavy atom. The Balaban J connectivity index is 1.75. The van der Waals surface area contributed by atoms with Crippen molar-refractivity contribution in [3.05, 3.63) is 59.9 Å². The van der Waals surface area contributed by atoms with Crippen molar-refractivity contribution in [2.75, 3.05) is 7.11 Å². The van der Waals surface area contributed by atoms with E-state index in [2.05, 4.69) is 60.3 Å². The molecule has 1 aliphatic heterocycles. The second kappa shape index (κ2) is 9.31. The number of hydrogen-bond donors (Lipinski definition) is 2. The summed E-state index contributed by atoms with van der Waals surface area (Å²) in [5, 5.41) is 8.20. The van der Waals surface area contributed by atoms with Crippen LogP contribution >= 0.6 is 12.2 Å². The van der Waals surface area contributed by atoms with Crippen molar-refractivity contribution in [3.8, 4) is 5.75 Å². The summed E-state index contributed by atoms with van der Waals surface area (Å²) >= 11 is 5.91. The van der Waals surface area contributed by atoms with Gasteiger partial charge in [-0.2, -0.15) is 0 Å². The minimum Gasteiger partial charge on any atom is -0.497 e. The Morgan fingerprint density at radius 1 is 1.03 bits per heavy atom. The molecule has 0 bridgehead atoms. The third kappa shape index (κ3) is 6.41. The van der Waals surface area contributed by atoms with Crippen LogP contribution in [-0.4, -0.2) is 39.2 Å². The average molecular weight is 427 g/mol. The van der Waals surface area contributed by atoms with E-state index in [0.717, 1.165) is 36.8 Å². The first kappa shape index (κ1) is 22.5. The summed E-state index contributed by atoms with van der Waals surface area (Å²) in [6.45, 7) is 10.5. The van der Waals surface area contributed by atoms with Crippen molar-refractivity contribution in [1.29, 1.82) is 0 Å². The minimum absolute atomic E-state index is 0.0704. The fourth-order valence-electron chi connectivity index (χ4n) is 4.55. The van der Waals surface area contributed by atoms with E-state index >= 15 is 0 Å². The Kier molecular flexibility index (Phi) is 6.98. The lowest BCUT2D eigenvalue weighted by molar-refractivity contribution is 0.153. The second-order valence-corrected chi connectivity index (χ2v) is 9.89. The van der Waals surface area contributed by atoms with E-state index in [1.165, 1.54) is 11.1 Å². The number of nitrogens with one attached hydrogen (secondary N) is 2. The largest absolute Gasteiger partial charge is 0.497 e. The van der Waals surface area contributed by atoms with Gasteiger partial charge in [0.25, 0.3) is 0 Å². The maximum absolute atomic E-state index is 5.91. The monoisotopic (exact) mass is 426 g/mol. The molecule has 0 amide bonds. The van der Waals surface area contributed by atoms with Crippen molar-refractivity contribution in [1.82, 2.24) is 20.5 Å². The van der Waals surface area contributed by atoms with E-state index in [4.69, 9.17) is 17.0 Å². The molecule has 3 rings (SSSR count). The topological polar surface area (TPSA) is 49.4 Å². The minimum atomic E-state index is 0.0704. The van der Waals surface area contributed by atoms with Gasteiger partial charge in [-0.05, 0) is 88.1 Å². The summed E-state index contributed by atoms with van der Waals surface area (Å²) in [7, 11) is 1.69. The van der Waals surface area contributed by atoms with Crippen LogP contribution in [-0.2, 0) is 13.1 Å². The van der Waals surface area contributed by atoms with Gasteiger partial charge in [-0.3, -0.25) is 4.98 Å². The number of piperidine rings is 1. The third-order valence-electron chi connectivity index (χ3n) is 5.46. The van der Waals surface area contributed by atoms with Gasteiger partial charge in [-0.15, -0.1) is 0 Å². The molecule has 5 nitrogen and oxygen atoms in total. The highest BCUT2D eigenvalue weighted by Gasteiger charge is 2.38. The third-order valence-corrected chi connectivity index (χ3v) is 5.84.